The predicted octanol–water partition coefficient (Wildman–Crippen LogP) is 5.94. The minimum Gasteiger partial charge on any atom is -0.492 e. The molecule has 1 unspecified atom stereocenters. The van der Waals surface area contributed by atoms with E-state index in [0.29, 0.717) is 17.4 Å². The van der Waals surface area contributed by atoms with Crippen LogP contribution in [0.5, 0.6) is 5.75 Å². The molecule has 4 rings (SSSR count). The average molecular weight is 407 g/mol. The van der Waals surface area contributed by atoms with E-state index in [0.717, 1.165) is 54.4 Å². The van der Waals surface area contributed by atoms with E-state index < -0.39 is 0 Å². The maximum atomic E-state index is 9.16. The fourth-order valence-corrected chi connectivity index (χ4v) is 3.90. The van der Waals surface area contributed by atoms with Crippen LogP contribution in [0.15, 0.2) is 42.9 Å². The number of nitrogens with zero attached hydrogens (tertiary/aromatic N) is 4. The molecular weight excluding hydrogens is 384 g/mol. The van der Waals surface area contributed by atoms with Gasteiger partial charge in [0, 0.05) is 18.0 Å². The average Bonchev–Trinajstić information content (AvgIpc) is 3.19. The van der Waals surface area contributed by atoms with Crippen molar-refractivity contribution in [1.29, 1.82) is 5.26 Å². The number of unbranched alkanes of at least 4 members (excludes halogenated alkanes) is 1. The van der Waals surface area contributed by atoms with Gasteiger partial charge in [-0.05, 0) is 49.0 Å². The van der Waals surface area contributed by atoms with Gasteiger partial charge in [-0.2, -0.15) is 10.4 Å². The van der Waals surface area contributed by atoms with Gasteiger partial charge in [-0.25, -0.2) is 4.52 Å². The van der Waals surface area contributed by atoms with Gasteiger partial charge in [-0.3, -0.25) is 4.98 Å². The van der Waals surface area contributed by atoms with Gasteiger partial charge in [-0.15, -0.1) is 0 Å². The van der Waals surface area contributed by atoms with Crippen LogP contribution in [0.3, 0.4) is 0 Å². The molecule has 0 N–H and O–H groups in total. The fraction of sp³-hybridized carbons (Fsp3) is 0.348. The molecular formula is C23H23ClN4O. The fourth-order valence-electron chi connectivity index (χ4n) is 3.67. The van der Waals surface area contributed by atoms with E-state index in [1.165, 1.54) is 5.57 Å². The predicted molar refractivity (Wildman–Crippen MR) is 115 cm³/mol. The molecule has 148 valence electrons. The van der Waals surface area contributed by atoms with Crippen LogP contribution in [0, 0.1) is 17.2 Å². The lowest BCUT2D eigenvalue weighted by Gasteiger charge is -2.17. The molecule has 0 spiro atoms. The Morgan fingerprint density at radius 3 is 3.00 bits per heavy atom. The number of nitriles is 1. The summed E-state index contributed by atoms with van der Waals surface area (Å²) < 4.78 is 7.63. The molecule has 1 aliphatic rings. The highest BCUT2D eigenvalue weighted by molar-refractivity contribution is 6.32. The summed E-state index contributed by atoms with van der Waals surface area (Å²) in [6.45, 7) is 2.80. The second-order valence-corrected chi connectivity index (χ2v) is 7.71. The molecule has 1 atom stereocenters. The van der Waals surface area contributed by atoms with Gasteiger partial charge in [0.05, 0.1) is 41.0 Å². The van der Waals surface area contributed by atoms with Gasteiger partial charge in [-0.1, -0.05) is 37.1 Å². The second-order valence-electron chi connectivity index (χ2n) is 7.30. The number of fused-ring (bicyclic) bond motifs is 1. The van der Waals surface area contributed by atoms with Gasteiger partial charge < -0.3 is 4.74 Å². The van der Waals surface area contributed by atoms with Gasteiger partial charge in [0.25, 0.3) is 0 Å². The topological polar surface area (TPSA) is 63.2 Å². The minimum absolute atomic E-state index is 0.0990. The van der Waals surface area contributed by atoms with Crippen LogP contribution in [0.25, 0.3) is 22.2 Å². The number of hydrogen-bond donors (Lipinski definition) is 0. The van der Waals surface area contributed by atoms with Gasteiger partial charge in [0.2, 0.25) is 0 Å². The smallest absolute Gasteiger partial charge is 0.137 e. The number of rotatable bonds is 6. The Balaban J connectivity index is 1.71. The Bertz CT molecular complexity index is 1100. The monoisotopic (exact) mass is 406 g/mol. The van der Waals surface area contributed by atoms with E-state index in [9.17, 15) is 0 Å². The highest BCUT2D eigenvalue weighted by Crippen LogP contribution is 2.36. The molecule has 0 bridgehead atoms. The van der Waals surface area contributed by atoms with Gasteiger partial charge >= 0.3 is 0 Å². The van der Waals surface area contributed by atoms with Crippen molar-refractivity contribution in [1.82, 2.24) is 14.6 Å². The number of ether oxygens (including phenoxy) is 1. The summed E-state index contributed by atoms with van der Waals surface area (Å²) in [5.74, 6) is 0.804. The minimum atomic E-state index is 0.0990. The molecule has 0 amide bonds. The Labute approximate surface area is 175 Å². The third-order valence-electron chi connectivity index (χ3n) is 5.33. The summed E-state index contributed by atoms with van der Waals surface area (Å²) in [6.07, 6.45) is 12.2. The molecule has 0 aliphatic heterocycles. The largest absolute Gasteiger partial charge is 0.492 e. The van der Waals surface area contributed by atoms with Crippen LogP contribution in [-0.2, 0) is 0 Å². The molecule has 2 heterocycles. The van der Waals surface area contributed by atoms with Gasteiger partial charge in [0.1, 0.15) is 5.75 Å². The van der Waals surface area contributed by atoms with Crippen molar-refractivity contribution in [3.05, 3.63) is 53.6 Å². The van der Waals surface area contributed by atoms with Crippen molar-refractivity contribution in [2.75, 3.05) is 6.61 Å². The zero-order chi connectivity index (χ0) is 20.2. The lowest BCUT2D eigenvalue weighted by atomic mass is 9.88. The first kappa shape index (κ1) is 19.5. The number of halogens is 1. The molecule has 6 heteroatoms. The van der Waals surface area contributed by atoms with E-state index in [1.54, 1.807) is 6.20 Å². The van der Waals surface area contributed by atoms with Crippen molar-refractivity contribution in [3.63, 3.8) is 0 Å². The van der Waals surface area contributed by atoms with Crippen molar-refractivity contribution in [3.8, 4) is 22.9 Å². The Kier molecular flexibility index (Phi) is 5.82. The highest BCUT2D eigenvalue weighted by atomic mass is 35.5. The molecule has 2 aromatic heterocycles. The van der Waals surface area contributed by atoms with E-state index in [2.05, 4.69) is 29.2 Å². The third kappa shape index (κ3) is 3.99. The molecule has 0 radical (unpaired) electrons. The first-order valence-corrected chi connectivity index (χ1v) is 10.4. The summed E-state index contributed by atoms with van der Waals surface area (Å²) in [5, 5.41) is 14.3. The van der Waals surface area contributed by atoms with Crippen LogP contribution in [0.4, 0.5) is 0 Å². The molecule has 1 aromatic carbocycles. The Morgan fingerprint density at radius 2 is 2.28 bits per heavy atom. The van der Waals surface area contributed by atoms with Crippen molar-refractivity contribution in [2.24, 2.45) is 5.92 Å². The molecule has 5 nitrogen and oxygen atoms in total. The summed E-state index contributed by atoms with van der Waals surface area (Å²) in [6, 6.07) is 8.23. The zero-order valence-corrected chi connectivity index (χ0v) is 17.2. The van der Waals surface area contributed by atoms with Crippen molar-refractivity contribution >= 4 is 22.7 Å². The van der Waals surface area contributed by atoms with E-state index in [4.69, 9.17) is 21.6 Å². The molecule has 0 saturated carbocycles. The Morgan fingerprint density at radius 1 is 1.38 bits per heavy atom. The molecule has 0 fully saturated rings. The maximum absolute atomic E-state index is 9.16. The molecule has 3 aromatic rings. The van der Waals surface area contributed by atoms with E-state index in [-0.39, 0.29) is 5.92 Å². The number of benzene rings is 1. The highest BCUT2D eigenvalue weighted by Gasteiger charge is 2.20. The zero-order valence-electron chi connectivity index (χ0n) is 16.4. The summed E-state index contributed by atoms with van der Waals surface area (Å²) in [4.78, 5) is 4.66. The maximum Gasteiger partial charge on any atom is 0.137 e. The van der Waals surface area contributed by atoms with Crippen LogP contribution in [0.2, 0.25) is 5.02 Å². The number of allylic oxidation sites excluding steroid dienone is 2. The SMILES string of the molecule is CCCCOc1ccc(-c2cnn3ccnc(C4=CCC(C#N)CC4)c23)cc1Cl. The Hall–Kier alpha value is -2.84. The van der Waals surface area contributed by atoms with Crippen molar-refractivity contribution < 1.29 is 4.74 Å². The van der Waals surface area contributed by atoms with Crippen LogP contribution in [0.1, 0.15) is 44.7 Å². The normalized spacial score (nSPS) is 16.4. The summed E-state index contributed by atoms with van der Waals surface area (Å²) in [7, 11) is 0. The lowest BCUT2D eigenvalue weighted by Crippen LogP contribution is -2.05. The molecule has 1 aliphatic carbocycles. The molecule has 29 heavy (non-hydrogen) atoms. The van der Waals surface area contributed by atoms with Crippen LogP contribution in [-0.4, -0.2) is 21.2 Å². The van der Waals surface area contributed by atoms with Crippen molar-refractivity contribution in [2.45, 2.75) is 39.0 Å². The number of aromatic nitrogens is 3. The first-order chi connectivity index (χ1) is 14.2. The standard InChI is InChI=1S/C23H23ClN4O/c1-2-3-12-29-21-9-8-18(13-20(21)24)19-15-27-28-11-10-26-22(23(19)28)17-6-4-16(14-25)5-7-17/h6,8-11,13,15-16H,2-5,7,12H2,1H3. The van der Waals surface area contributed by atoms with Crippen LogP contribution >= 0.6 is 11.6 Å². The first-order valence-electron chi connectivity index (χ1n) is 10.0. The van der Waals surface area contributed by atoms with Gasteiger partial charge in [0.15, 0.2) is 0 Å². The molecule has 0 saturated heterocycles. The summed E-state index contributed by atoms with van der Waals surface area (Å²) in [5.41, 5.74) is 5.03. The second kappa shape index (κ2) is 8.67. The van der Waals surface area contributed by atoms with E-state index >= 15 is 0 Å². The third-order valence-corrected chi connectivity index (χ3v) is 5.62. The quantitative estimate of drug-likeness (QED) is 0.475. The summed E-state index contributed by atoms with van der Waals surface area (Å²) >= 11 is 6.49. The number of hydrogen-bond acceptors (Lipinski definition) is 4. The van der Waals surface area contributed by atoms with E-state index in [1.807, 2.05) is 35.1 Å². The van der Waals surface area contributed by atoms with Crippen LogP contribution < -0.4 is 4.74 Å². The lowest BCUT2D eigenvalue weighted by molar-refractivity contribution is 0.309.